The molecule has 3 atom stereocenters. The third-order valence-electron chi connectivity index (χ3n) is 8.04. The van der Waals surface area contributed by atoms with Crippen LogP contribution >= 0.6 is 0 Å². The molecule has 3 unspecified atom stereocenters. The van der Waals surface area contributed by atoms with E-state index in [0.717, 1.165) is 30.4 Å². The van der Waals surface area contributed by atoms with Crippen molar-refractivity contribution in [2.75, 3.05) is 33.4 Å². The first-order valence-electron chi connectivity index (χ1n) is 13.9. The second-order valence-electron chi connectivity index (χ2n) is 10.7. The number of fused-ring (bicyclic) bond motifs is 3. The van der Waals surface area contributed by atoms with Gasteiger partial charge in [-0.15, -0.1) is 0 Å². The van der Waals surface area contributed by atoms with Crippen LogP contribution in [0.25, 0.3) is 33.7 Å². The standard InChI is InChI=1S/C31H30N4O6/c1-37-27-11-20(31(36)35-16-22-12-23(17-35)39-22)15-34-29(27)28-13-25-30(41-28)24(4-7-33-25)18-2-3-26(19(10-18)14-32)40-21-5-8-38-9-6-21/h2-4,7,10-11,13,15,21-23,31,36H,5-6,8-9,12,16-17H2,1H3. The number of hydrogen-bond acceptors (Lipinski definition) is 10. The summed E-state index contributed by atoms with van der Waals surface area (Å²) in [6.07, 6.45) is 5.65. The third-order valence-corrected chi connectivity index (χ3v) is 8.04. The summed E-state index contributed by atoms with van der Waals surface area (Å²) in [6.45, 7) is 2.71. The lowest BCUT2D eigenvalue weighted by atomic mass is 9.98. The predicted molar refractivity (Wildman–Crippen MR) is 148 cm³/mol. The minimum atomic E-state index is -0.795. The number of benzene rings is 1. The molecule has 4 aliphatic heterocycles. The maximum atomic E-state index is 11.0. The van der Waals surface area contributed by atoms with Gasteiger partial charge in [-0.3, -0.25) is 9.88 Å². The molecule has 10 heteroatoms. The normalized spacial score (nSPS) is 21.7. The Bertz CT molecular complexity index is 1610. The van der Waals surface area contributed by atoms with E-state index >= 15 is 0 Å². The highest BCUT2D eigenvalue weighted by atomic mass is 16.5. The van der Waals surface area contributed by atoms with Crippen molar-refractivity contribution in [2.24, 2.45) is 0 Å². The molecular weight excluding hydrogens is 524 g/mol. The van der Waals surface area contributed by atoms with E-state index in [1.54, 1.807) is 25.6 Å². The minimum absolute atomic E-state index is 0.0384. The fourth-order valence-electron chi connectivity index (χ4n) is 5.88. The summed E-state index contributed by atoms with van der Waals surface area (Å²) >= 11 is 0. The molecule has 3 aromatic heterocycles. The van der Waals surface area contributed by atoms with Gasteiger partial charge in [0.15, 0.2) is 11.3 Å². The minimum Gasteiger partial charge on any atom is -0.494 e. The summed E-state index contributed by atoms with van der Waals surface area (Å²) in [6, 6.07) is 13.3. The number of morpholine rings is 1. The van der Waals surface area contributed by atoms with Crippen LogP contribution in [-0.2, 0) is 9.47 Å². The van der Waals surface area contributed by atoms with E-state index in [-0.39, 0.29) is 18.3 Å². The number of pyridine rings is 2. The monoisotopic (exact) mass is 554 g/mol. The summed E-state index contributed by atoms with van der Waals surface area (Å²) in [5.74, 6) is 1.55. The van der Waals surface area contributed by atoms with Gasteiger partial charge >= 0.3 is 0 Å². The SMILES string of the molecule is COc1cc(C(O)N2CC3CC(C2)O3)cnc1-c1cc2nccc(-c3ccc(OC4CCOCC4)c(C#N)c3)c2o1. The van der Waals surface area contributed by atoms with Crippen LogP contribution in [0.3, 0.4) is 0 Å². The van der Waals surface area contributed by atoms with Gasteiger partial charge < -0.3 is 28.5 Å². The van der Waals surface area contributed by atoms with Gasteiger partial charge in [-0.25, -0.2) is 4.98 Å². The fraction of sp³-hybridized carbons (Fsp3) is 0.387. The van der Waals surface area contributed by atoms with Crippen molar-refractivity contribution in [3.8, 4) is 40.1 Å². The first kappa shape index (κ1) is 25.9. The molecule has 4 fully saturated rings. The van der Waals surface area contributed by atoms with Crippen LogP contribution in [0.2, 0.25) is 0 Å². The second kappa shape index (κ2) is 10.8. The third kappa shape index (κ3) is 4.91. The van der Waals surface area contributed by atoms with Gasteiger partial charge in [-0.1, -0.05) is 6.07 Å². The van der Waals surface area contributed by atoms with E-state index in [9.17, 15) is 10.4 Å². The molecule has 4 aromatic rings. The number of piperidine rings is 1. The average Bonchev–Trinajstić information content (AvgIpc) is 3.45. The molecule has 1 aromatic carbocycles. The van der Waals surface area contributed by atoms with Crippen LogP contribution < -0.4 is 9.47 Å². The van der Waals surface area contributed by atoms with Gasteiger partial charge in [-0.2, -0.15) is 5.26 Å². The molecule has 0 aliphatic carbocycles. The number of ether oxygens (including phenoxy) is 4. The Morgan fingerprint density at radius 3 is 2.63 bits per heavy atom. The lowest BCUT2D eigenvalue weighted by Crippen LogP contribution is -2.57. The largest absolute Gasteiger partial charge is 0.494 e. The topological polar surface area (TPSA) is 123 Å². The highest BCUT2D eigenvalue weighted by Gasteiger charge is 2.40. The van der Waals surface area contributed by atoms with Crippen molar-refractivity contribution < 1.29 is 28.5 Å². The van der Waals surface area contributed by atoms with E-state index in [2.05, 4.69) is 16.0 Å². The molecule has 210 valence electrons. The highest BCUT2D eigenvalue weighted by Crippen LogP contribution is 2.39. The molecule has 10 nitrogen and oxygen atoms in total. The number of nitrogens with zero attached hydrogens (tertiary/aromatic N) is 4. The fourth-order valence-corrected chi connectivity index (χ4v) is 5.88. The number of methoxy groups -OCH3 is 1. The molecule has 0 radical (unpaired) electrons. The average molecular weight is 555 g/mol. The molecule has 41 heavy (non-hydrogen) atoms. The Morgan fingerprint density at radius 2 is 1.88 bits per heavy atom. The number of hydrogen-bond donors (Lipinski definition) is 1. The molecule has 2 bridgehead atoms. The van der Waals surface area contributed by atoms with Gasteiger partial charge in [0.2, 0.25) is 0 Å². The second-order valence-corrected chi connectivity index (χ2v) is 10.7. The zero-order chi connectivity index (χ0) is 27.9. The maximum absolute atomic E-state index is 11.0. The number of rotatable bonds is 7. The van der Waals surface area contributed by atoms with Crippen molar-refractivity contribution in [1.29, 1.82) is 5.26 Å². The van der Waals surface area contributed by atoms with Crippen LogP contribution in [-0.4, -0.2) is 71.7 Å². The van der Waals surface area contributed by atoms with Crippen molar-refractivity contribution in [1.82, 2.24) is 14.9 Å². The van der Waals surface area contributed by atoms with Crippen molar-refractivity contribution in [3.63, 3.8) is 0 Å². The molecule has 4 aliphatic rings. The van der Waals surface area contributed by atoms with E-state index in [1.165, 1.54) is 0 Å². The lowest BCUT2D eigenvalue weighted by Gasteiger charge is -2.48. The Morgan fingerprint density at radius 1 is 1.07 bits per heavy atom. The van der Waals surface area contributed by atoms with Gasteiger partial charge in [0.1, 0.15) is 41.1 Å². The predicted octanol–water partition coefficient (Wildman–Crippen LogP) is 4.46. The van der Waals surface area contributed by atoms with Crippen molar-refractivity contribution >= 4 is 11.1 Å². The van der Waals surface area contributed by atoms with Crippen molar-refractivity contribution in [3.05, 3.63) is 59.9 Å². The summed E-state index contributed by atoms with van der Waals surface area (Å²) in [7, 11) is 1.57. The van der Waals surface area contributed by atoms with E-state index in [4.69, 9.17) is 23.4 Å². The molecule has 7 heterocycles. The number of aliphatic hydroxyl groups excluding tert-OH is 1. The Hall–Kier alpha value is -4.01. The summed E-state index contributed by atoms with van der Waals surface area (Å²) in [4.78, 5) is 11.1. The van der Waals surface area contributed by atoms with Crippen LogP contribution in [0, 0.1) is 11.3 Å². The molecule has 0 saturated carbocycles. The van der Waals surface area contributed by atoms with Gasteiger partial charge in [0.25, 0.3) is 0 Å². The van der Waals surface area contributed by atoms with Gasteiger partial charge in [0, 0.05) is 61.9 Å². The van der Waals surface area contributed by atoms with Gasteiger partial charge in [-0.05, 0) is 29.8 Å². The zero-order valence-electron chi connectivity index (χ0n) is 22.7. The van der Waals surface area contributed by atoms with E-state index < -0.39 is 6.23 Å². The number of aliphatic hydroxyl groups is 1. The molecule has 0 amide bonds. The summed E-state index contributed by atoms with van der Waals surface area (Å²) < 4.78 is 29.2. The maximum Gasteiger partial charge on any atom is 0.161 e. The first-order valence-corrected chi connectivity index (χ1v) is 13.9. The van der Waals surface area contributed by atoms with Crippen LogP contribution in [0.15, 0.2) is 53.2 Å². The zero-order valence-corrected chi connectivity index (χ0v) is 22.7. The highest BCUT2D eigenvalue weighted by molar-refractivity contribution is 5.92. The molecular formula is C31H30N4O6. The van der Waals surface area contributed by atoms with Gasteiger partial charge in [0.05, 0.1) is 38.1 Å². The van der Waals surface area contributed by atoms with Crippen LogP contribution in [0.1, 0.15) is 36.6 Å². The molecule has 8 rings (SSSR count). The number of nitriles is 1. The molecule has 1 N–H and O–H groups in total. The lowest BCUT2D eigenvalue weighted by molar-refractivity contribution is -0.208. The summed E-state index contributed by atoms with van der Waals surface area (Å²) in [5, 5.41) is 20.9. The molecule has 4 saturated heterocycles. The Balaban J connectivity index is 1.18. The smallest absolute Gasteiger partial charge is 0.161 e. The van der Waals surface area contributed by atoms with Crippen molar-refractivity contribution in [2.45, 2.75) is 43.8 Å². The van der Waals surface area contributed by atoms with E-state index in [0.29, 0.717) is 71.5 Å². The summed E-state index contributed by atoms with van der Waals surface area (Å²) in [5.41, 5.74) is 4.46. The van der Waals surface area contributed by atoms with Crippen LogP contribution in [0.5, 0.6) is 11.5 Å². The number of aromatic nitrogens is 2. The molecule has 0 spiro atoms. The van der Waals surface area contributed by atoms with Crippen LogP contribution in [0.4, 0.5) is 0 Å². The number of furan rings is 1. The Kier molecular flexibility index (Phi) is 6.80. The quantitative estimate of drug-likeness (QED) is 0.350. The Labute approximate surface area is 237 Å². The van der Waals surface area contributed by atoms with E-state index in [1.807, 2.05) is 35.2 Å². The first-order chi connectivity index (χ1) is 20.1.